The Morgan fingerprint density at radius 3 is 2.78 bits per heavy atom. The van der Waals surface area contributed by atoms with Crippen molar-refractivity contribution in [2.75, 3.05) is 20.8 Å². The number of ether oxygens (including phenoxy) is 2. The van der Waals surface area contributed by atoms with Gasteiger partial charge in [0, 0.05) is 16.6 Å². The van der Waals surface area contributed by atoms with Gasteiger partial charge in [-0.1, -0.05) is 15.9 Å². The van der Waals surface area contributed by atoms with Crippen LogP contribution in [0, 0.1) is 6.92 Å². The molecule has 1 N–H and O–H groups in total. The number of hydrogen-bond donors (Lipinski definition) is 1. The minimum atomic E-state index is -0.264. The molecule has 0 aliphatic heterocycles. The van der Waals surface area contributed by atoms with Crippen molar-refractivity contribution in [1.29, 1.82) is 0 Å². The normalized spacial score (nSPS) is 10.2. The van der Waals surface area contributed by atoms with E-state index in [4.69, 9.17) is 4.74 Å². The van der Waals surface area contributed by atoms with Gasteiger partial charge in [-0.15, -0.1) is 0 Å². The average molecular weight is 316 g/mol. The predicted octanol–water partition coefficient (Wildman–Crippen LogP) is 2.42. The third-order valence-corrected chi connectivity index (χ3v) is 2.92. The second-order valence-corrected chi connectivity index (χ2v) is 4.83. The standard InChI is InChI=1S/C13H18BrNO3/c1-9-6-11(14)7-10(8-15-2)13(9)18-5-4-12(16)17-3/h6-7,15H,4-5,8H2,1-3H3. The quantitative estimate of drug-likeness (QED) is 0.819. The Bertz CT molecular complexity index is 421. The molecule has 4 nitrogen and oxygen atoms in total. The molecule has 0 atom stereocenters. The molecule has 18 heavy (non-hydrogen) atoms. The molecule has 0 saturated carbocycles. The Balaban J connectivity index is 2.76. The topological polar surface area (TPSA) is 47.6 Å². The van der Waals surface area contributed by atoms with Crippen molar-refractivity contribution < 1.29 is 14.3 Å². The summed E-state index contributed by atoms with van der Waals surface area (Å²) in [6.45, 7) is 3.02. The molecule has 0 aliphatic carbocycles. The van der Waals surface area contributed by atoms with Crippen molar-refractivity contribution in [2.24, 2.45) is 0 Å². The van der Waals surface area contributed by atoms with E-state index in [-0.39, 0.29) is 12.4 Å². The lowest BCUT2D eigenvalue weighted by Gasteiger charge is -2.14. The van der Waals surface area contributed by atoms with Crippen LogP contribution in [0.1, 0.15) is 17.5 Å². The summed E-state index contributed by atoms with van der Waals surface area (Å²) in [6.07, 6.45) is 0.255. The van der Waals surface area contributed by atoms with E-state index in [0.29, 0.717) is 13.2 Å². The van der Waals surface area contributed by atoms with Crippen LogP contribution in [0.15, 0.2) is 16.6 Å². The van der Waals surface area contributed by atoms with E-state index in [1.165, 1.54) is 7.11 Å². The minimum Gasteiger partial charge on any atom is -0.492 e. The number of methoxy groups -OCH3 is 1. The van der Waals surface area contributed by atoms with E-state index in [2.05, 4.69) is 26.0 Å². The van der Waals surface area contributed by atoms with Gasteiger partial charge >= 0.3 is 5.97 Å². The molecule has 0 aromatic heterocycles. The van der Waals surface area contributed by atoms with Crippen LogP contribution in [-0.4, -0.2) is 26.7 Å². The van der Waals surface area contributed by atoms with Gasteiger partial charge in [-0.3, -0.25) is 4.79 Å². The van der Waals surface area contributed by atoms with Gasteiger partial charge in [-0.25, -0.2) is 0 Å². The van der Waals surface area contributed by atoms with Crippen molar-refractivity contribution >= 4 is 21.9 Å². The van der Waals surface area contributed by atoms with Crippen molar-refractivity contribution in [3.63, 3.8) is 0 Å². The van der Waals surface area contributed by atoms with E-state index in [1.807, 2.05) is 26.1 Å². The number of carbonyl (C=O) groups excluding carboxylic acids is 1. The molecule has 5 heteroatoms. The second-order valence-electron chi connectivity index (χ2n) is 3.92. The molecule has 0 unspecified atom stereocenters. The first-order chi connectivity index (χ1) is 8.58. The van der Waals surface area contributed by atoms with E-state index in [9.17, 15) is 4.79 Å². The summed E-state index contributed by atoms with van der Waals surface area (Å²) >= 11 is 3.46. The van der Waals surface area contributed by atoms with Crippen LogP contribution in [0.3, 0.4) is 0 Å². The molecular formula is C13H18BrNO3. The number of carbonyl (C=O) groups is 1. The van der Waals surface area contributed by atoms with Crippen LogP contribution in [0.5, 0.6) is 5.75 Å². The third kappa shape index (κ3) is 4.31. The predicted molar refractivity (Wildman–Crippen MR) is 73.8 cm³/mol. The summed E-state index contributed by atoms with van der Waals surface area (Å²) in [4.78, 5) is 11.0. The fourth-order valence-corrected chi connectivity index (χ4v) is 2.29. The monoisotopic (exact) mass is 315 g/mol. The lowest BCUT2D eigenvalue weighted by Crippen LogP contribution is -2.12. The van der Waals surface area contributed by atoms with Gasteiger partial charge < -0.3 is 14.8 Å². The number of aryl methyl sites for hydroxylation is 1. The summed E-state index contributed by atoms with van der Waals surface area (Å²) in [7, 11) is 3.26. The number of benzene rings is 1. The molecule has 0 aliphatic rings. The lowest BCUT2D eigenvalue weighted by atomic mass is 10.1. The zero-order valence-corrected chi connectivity index (χ0v) is 12.5. The van der Waals surface area contributed by atoms with E-state index in [1.54, 1.807) is 0 Å². The molecule has 1 aromatic rings. The molecule has 0 spiro atoms. The zero-order valence-electron chi connectivity index (χ0n) is 10.9. The van der Waals surface area contributed by atoms with Crippen molar-refractivity contribution in [1.82, 2.24) is 5.32 Å². The van der Waals surface area contributed by atoms with Gasteiger partial charge in [0.2, 0.25) is 0 Å². The summed E-state index contributed by atoms with van der Waals surface area (Å²) in [5, 5.41) is 3.10. The number of esters is 1. The van der Waals surface area contributed by atoms with Gasteiger partial charge in [0.1, 0.15) is 5.75 Å². The first-order valence-electron chi connectivity index (χ1n) is 5.71. The number of nitrogens with one attached hydrogen (secondary N) is 1. The maximum atomic E-state index is 11.0. The highest BCUT2D eigenvalue weighted by Gasteiger charge is 2.09. The van der Waals surface area contributed by atoms with Crippen molar-refractivity contribution in [3.05, 3.63) is 27.7 Å². The second kappa shape index (κ2) is 7.38. The summed E-state index contributed by atoms with van der Waals surface area (Å²) in [5.41, 5.74) is 2.11. The molecule has 0 amide bonds. The SMILES string of the molecule is CNCc1cc(Br)cc(C)c1OCCC(=O)OC. The fraction of sp³-hybridized carbons (Fsp3) is 0.462. The molecule has 0 radical (unpaired) electrons. The van der Waals surface area contributed by atoms with Gasteiger partial charge in [0.05, 0.1) is 20.1 Å². The Kier molecular flexibility index (Phi) is 6.15. The van der Waals surface area contributed by atoms with Crippen LogP contribution in [0.4, 0.5) is 0 Å². The average Bonchev–Trinajstić information content (AvgIpc) is 2.32. The molecule has 0 heterocycles. The lowest BCUT2D eigenvalue weighted by molar-refractivity contribution is -0.141. The van der Waals surface area contributed by atoms with Gasteiger partial charge in [-0.05, 0) is 31.7 Å². The van der Waals surface area contributed by atoms with E-state index >= 15 is 0 Å². The molecule has 100 valence electrons. The summed E-state index contributed by atoms with van der Waals surface area (Å²) < 4.78 is 11.3. The molecule has 1 rings (SSSR count). The molecule has 0 bridgehead atoms. The van der Waals surface area contributed by atoms with E-state index in [0.717, 1.165) is 21.3 Å². The van der Waals surface area contributed by atoms with Crippen molar-refractivity contribution in [2.45, 2.75) is 19.9 Å². The van der Waals surface area contributed by atoms with Crippen molar-refractivity contribution in [3.8, 4) is 5.75 Å². The Morgan fingerprint density at radius 1 is 1.44 bits per heavy atom. The summed E-state index contributed by atoms with van der Waals surface area (Å²) in [6, 6.07) is 4.00. The maximum absolute atomic E-state index is 11.0. The first-order valence-corrected chi connectivity index (χ1v) is 6.51. The maximum Gasteiger partial charge on any atom is 0.308 e. The number of hydrogen-bond acceptors (Lipinski definition) is 4. The largest absolute Gasteiger partial charge is 0.492 e. The Labute approximate surface area is 116 Å². The number of halogens is 1. The first kappa shape index (κ1) is 15.0. The van der Waals surface area contributed by atoms with Crippen LogP contribution in [-0.2, 0) is 16.1 Å². The highest BCUT2D eigenvalue weighted by Crippen LogP contribution is 2.28. The van der Waals surface area contributed by atoms with Crippen LogP contribution < -0.4 is 10.1 Å². The van der Waals surface area contributed by atoms with Crippen LogP contribution in [0.25, 0.3) is 0 Å². The van der Waals surface area contributed by atoms with Crippen LogP contribution in [0.2, 0.25) is 0 Å². The number of rotatable bonds is 6. The zero-order chi connectivity index (χ0) is 13.5. The highest BCUT2D eigenvalue weighted by molar-refractivity contribution is 9.10. The Hall–Kier alpha value is -1.07. The van der Waals surface area contributed by atoms with Crippen LogP contribution >= 0.6 is 15.9 Å². The van der Waals surface area contributed by atoms with Gasteiger partial charge in [0.25, 0.3) is 0 Å². The molecule has 1 aromatic carbocycles. The summed E-state index contributed by atoms with van der Waals surface area (Å²) in [5.74, 6) is 0.566. The molecule has 0 saturated heterocycles. The van der Waals surface area contributed by atoms with Gasteiger partial charge in [0.15, 0.2) is 0 Å². The Morgan fingerprint density at radius 2 is 2.17 bits per heavy atom. The minimum absolute atomic E-state index is 0.255. The van der Waals surface area contributed by atoms with Gasteiger partial charge in [-0.2, -0.15) is 0 Å². The fourth-order valence-electron chi connectivity index (χ4n) is 1.67. The smallest absolute Gasteiger partial charge is 0.308 e. The van der Waals surface area contributed by atoms with E-state index < -0.39 is 0 Å². The molecule has 0 fully saturated rings. The molecular weight excluding hydrogens is 298 g/mol. The highest BCUT2D eigenvalue weighted by atomic mass is 79.9. The third-order valence-electron chi connectivity index (χ3n) is 2.46.